The van der Waals surface area contributed by atoms with Gasteiger partial charge in [-0.15, -0.1) is 0 Å². The van der Waals surface area contributed by atoms with Gasteiger partial charge in [-0.2, -0.15) is 13.2 Å². The molecule has 0 radical (unpaired) electrons. The maximum absolute atomic E-state index is 12.7. The number of halogens is 3. The van der Waals surface area contributed by atoms with Crippen molar-refractivity contribution in [2.75, 3.05) is 13.2 Å². The third-order valence-corrected chi connectivity index (χ3v) is 4.55. The number of rotatable bonds is 3. The Morgan fingerprint density at radius 3 is 2.55 bits per heavy atom. The van der Waals surface area contributed by atoms with Crippen LogP contribution in [0.1, 0.15) is 38.5 Å². The average molecular weight is 322 g/mol. The summed E-state index contributed by atoms with van der Waals surface area (Å²) >= 11 is 0. The molecule has 1 aliphatic heterocycles. The molecule has 1 saturated heterocycles. The van der Waals surface area contributed by atoms with E-state index in [4.69, 9.17) is 10.5 Å². The predicted octanol–water partition coefficient (Wildman–Crippen LogP) is 2.44. The minimum absolute atomic E-state index is 0.00889. The van der Waals surface area contributed by atoms with Crippen LogP contribution >= 0.6 is 0 Å². The number of ether oxygens (including phenoxy) is 1. The number of primary amides is 1. The Hall–Kier alpha value is -1.47. The molecule has 0 spiro atoms. The number of nitrogens with zero attached hydrogens (tertiary/aromatic N) is 1. The van der Waals surface area contributed by atoms with Crippen molar-refractivity contribution in [3.8, 4) is 0 Å². The lowest BCUT2D eigenvalue weighted by Gasteiger charge is -2.30. The highest BCUT2D eigenvalue weighted by Gasteiger charge is 2.44. The molecule has 0 aromatic heterocycles. The highest BCUT2D eigenvalue weighted by Crippen LogP contribution is 2.40. The van der Waals surface area contributed by atoms with Crippen molar-refractivity contribution in [3.63, 3.8) is 0 Å². The second kappa shape index (κ2) is 6.75. The summed E-state index contributed by atoms with van der Waals surface area (Å²) in [6.07, 6.45) is -2.11. The predicted molar refractivity (Wildman–Crippen MR) is 71.8 cm³/mol. The Bertz CT molecular complexity index is 428. The molecule has 22 heavy (non-hydrogen) atoms. The first-order valence-electron chi connectivity index (χ1n) is 7.58. The molecule has 2 aliphatic rings. The first-order valence-corrected chi connectivity index (χ1v) is 7.58. The Morgan fingerprint density at radius 1 is 1.18 bits per heavy atom. The number of nitrogens with two attached hydrogens (primary N) is 1. The number of alkyl halides is 3. The molecule has 0 unspecified atom stereocenters. The van der Waals surface area contributed by atoms with Crippen LogP contribution in [0.3, 0.4) is 0 Å². The van der Waals surface area contributed by atoms with Crippen molar-refractivity contribution in [1.29, 1.82) is 0 Å². The lowest BCUT2D eigenvalue weighted by atomic mass is 9.81. The van der Waals surface area contributed by atoms with Gasteiger partial charge in [-0.3, -0.25) is 4.79 Å². The van der Waals surface area contributed by atoms with Gasteiger partial charge < -0.3 is 15.4 Å². The van der Waals surface area contributed by atoms with Crippen molar-refractivity contribution in [2.24, 2.45) is 17.6 Å². The number of carbonyl (C=O) groups is 2. The van der Waals surface area contributed by atoms with Gasteiger partial charge >= 0.3 is 18.2 Å². The number of amides is 2. The van der Waals surface area contributed by atoms with Crippen molar-refractivity contribution >= 4 is 12.0 Å². The first-order chi connectivity index (χ1) is 10.3. The Morgan fingerprint density at radius 2 is 1.91 bits per heavy atom. The van der Waals surface area contributed by atoms with Gasteiger partial charge in [0.1, 0.15) is 6.61 Å². The van der Waals surface area contributed by atoms with E-state index in [0.29, 0.717) is 25.8 Å². The van der Waals surface area contributed by atoms with Crippen LogP contribution in [-0.4, -0.2) is 42.3 Å². The molecule has 2 N–H and O–H groups in total. The largest absolute Gasteiger partial charge is 0.463 e. The van der Waals surface area contributed by atoms with E-state index < -0.39 is 30.0 Å². The number of hydrogen-bond acceptors (Lipinski definition) is 3. The molecule has 126 valence electrons. The van der Waals surface area contributed by atoms with Gasteiger partial charge in [0.05, 0.1) is 17.9 Å². The van der Waals surface area contributed by atoms with E-state index in [1.807, 2.05) is 0 Å². The molecule has 1 heterocycles. The SMILES string of the molecule is NC(=O)N1CCC[C@@H]1COC(=O)[C@@H]1CCC[C@H](C(F)(F)F)C1. The highest BCUT2D eigenvalue weighted by atomic mass is 19.4. The summed E-state index contributed by atoms with van der Waals surface area (Å²) in [5.74, 6) is -2.72. The molecular formula is C14H21F3N2O3. The highest BCUT2D eigenvalue weighted by molar-refractivity contribution is 5.73. The summed E-state index contributed by atoms with van der Waals surface area (Å²) in [5, 5.41) is 0. The van der Waals surface area contributed by atoms with Gasteiger partial charge in [-0.25, -0.2) is 4.79 Å². The summed E-state index contributed by atoms with van der Waals surface area (Å²) in [6.45, 7) is 0.534. The lowest BCUT2D eigenvalue weighted by molar-refractivity contribution is -0.189. The third-order valence-electron chi connectivity index (χ3n) is 4.55. The van der Waals surface area contributed by atoms with Gasteiger partial charge in [0.25, 0.3) is 0 Å². The molecule has 2 rings (SSSR count). The molecule has 0 aromatic rings. The van der Waals surface area contributed by atoms with E-state index in [2.05, 4.69) is 0 Å². The van der Waals surface area contributed by atoms with Gasteiger partial charge in [-0.1, -0.05) is 6.42 Å². The maximum atomic E-state index is 12.7. The lowest BCUT2D eigenvalue weighted by Crippen LogP contribution is -2.42. The fourth-order valence-corrected chi connectivity index (χ4v) is 3.30. The number of urea groups is 1. The minimum Gasteiger partial charge on any atom is -0.463 e. The van der Waals surface area contributed by atoms with E-state index in [1.165, 1.54) is 4.90 Å². The Balaban J connectivity index is 1.83. The summed E-state index contributed by atoms with van der Waals surface area (Å²) in [4.78, 5) is 24.6. The zero-order valence-electron chi connectivity index (χ0n) is 12.3. The molecule has 8 heteroatoms. The molecule has 1 aliphatic carbocycles. The smallest absolute Gasteiger partial charge is 0.391 e. The van der Waals surface area contributed by atoms with Crippen molar-refractivity contribution in [2.45, 2.75) is 50.7 Å². The van der Waals surface area contributed by atoms with E-state index in [-0.39, 0.29) is 25.5 Å². The maximum Gasteiger partial charge on any atom is 0.391 e. The molecule has 3 atom stereocenters. The van der Waals surface area contributed by atoms with E-state index in [1.54, 1.807) is 0 Å². The van der Waals surface area contributed by atoms with Crippen LogP contribution in [0.25, 0.3) is 0 Å². The number of hydrogen-bond donors (Lipinski definition) is 1. The van der Waals surface area contributed by atoms with Crippen LogP contribution in [-0.2, 0) is 9.53 Å². The van der Waals surface area contributed by atoms with Crippen molar-refractivity contribution in [3.05, 3.63) is 0 Å². The second-order valence-corrected chi connectivity index (χ2v) is 6.06. The molecule has 2 fully saturated rings. The first kappa shape index (κ1) is 16.9. The van der Waals surface area contributed by atoms with E-state index in [9.17, 15) is 22.8 Å². The molecular weight excluding hydrogens is 301 g/mol. The zero-order chi connectivity index (χ0) is 16.3. The molecule has 0 aromatic carbocycles. The van der Waals surface area contributed by atoms with Crippen LogP contribution in [0.2, 0.25) is 0 Å². The van der Waals surface area contributed by atoms with Gasteiger partial charge in [-0.05, 0) is 32.1 Å². The summed E-state index contributed by atoms with van der Waals surface area (Å²) in [7, 11) is 0. The topological polar surface area (TPSA) is 72.6 Å². The minimum atomic E-state index is -4.26. The standard InChI is InChI=1S/C14H21F3N2O3/c15-14(16,17)10-4-1-3-9(7-10)12(20)22-8-11-5-2-6-19(11)13(18)21/h9-11H,1-8H2,(H2,18,21)/t9-,10+,11-/m1/s1. The summed E-state index contributed by atoms with van der Waals surface area (Å²) < 4.78 is 43.4. The van der Waals surface area contributed by atoms with Crippen molar-refractivity contribution in [1.82, 2.24) is 4.90 Å². The van der Waals surface area contributed by atoms with E-state index >= 15 is 0 Å². The quantitative estimate of drug-likeness (QED) is 0.811. The average Bonchev–Trinajstić information content (AvgIpc) is 2.92. The van der Waals surface area contributed by atoms with Gasteiger partial charge in [0.2, 0.25) is 0 Å². The number of carbonyl (C=O) groups excluding carboxylic acids is 2. The van der Waals surface area contributed by atoms with Gasteiger partial charge in [0, 0.05) is 6.54 Å². The molecule has 1 saturated carbocycles. The summed E-state index contributed by atoms with van der Waals surface area (Å²) in [6, 6.07) is -0.822. The van der Waals surface area contributed by atoms with E-state index in [0.717, 1.165) is 6.42 Å². The fourth-order valence-electron chi connectivity index (χ4n) is 3.30. The summed E-state index contributed by atoms with van der Waals surface area (Å²) in [5.41, 5.74) is 5.22. The van der Waals surface area contributed by atoms with Crippen LogP contribution in [0.15, 0.2) is 0 Å². The van der Waals surface area contributed by atoms with Crippen LogP contribution in [0.5, 0.6) is 0 Å². The molecule has 0 bridgehead atoms. The van der Waals surface area contributed by atoms with Crippen LogP contribution in [0.4, 0.5) is 18.0 Å². The Labute approximate surface area is 127 Å². The fraction of sp³-hybridized carbons (Fsp3) is 0.857. The normalized spacial score (nSPS) is 29.4. The third kappa shape index (κ3) is 4.04. The monoisotopic (exact) mass is 322 g/mol. The Kier molecular flexibility index (Phi) is 5.18. The van der Waals surface area contributed by atoms with Crippen LogP contribution < -0.4 is 5.73 Å². The van der Waals surface area contributed by atoms with Crippen molar-refractivity contribution < 1.29 is 27.5 Å². The number of likely N-dealkylation sites (tertiary alicyclic amines) is 1. The molecule has 5 nitrogen and oxygen atoms in total. The second-order valence-electron chi connectivity index (χ2n) is 6.06. The zero-order valence-corrected chi connectivity index (χ0v) is 12.3. The number of esters is 1. The van der Waals surface area contributed by atoms with Gasteiger partial charge in [0.15, 0.2) is 0 Å². The molecule has 2 amide bonds. The van der Waals surface area contributed by atoms with Crippen LogP contribution in [0, 0.1) is 11.8 Å².